The molecule has 1 saturated heterocycles. The van der Waals surface area contributed by atoms with E-state index in [0.717, 1.165) is 10.2 Å². The summed E-state index contributed by atoms with van der Waals surface area (Å²) in [4.78, 5) is 1.77. The molecule has 1 aromatic heterocycles. The molecule has 0 aliphatic carbocycles. The average Bonchev–Trinajstić information content (AvgIpc) is 3.27. The first-order valence-electron chi connectivity index (χ1n) is 9.28. The molecule has 158 valence electrons. The quantitative estimate of drug-likeness (QED) is 0.598. The lowest BCUT2D eigenvalue weighted by molar-refractivity contribution is 0.383. The topological polar surface area (TPSA) is 79.7 Å². The molecule has 2 heterocycles. The summed E-state index contributed by atoms with van der Waals surface area (Å²) < 4.78 is 67.6. The third kappa shape index (κ3) is 3.73. The van der Waals surface area contributed by atoms with E-state index in [4.69, 9.17) is 0 Å². The second-order valence-corrected chi connectivity index (χ2v) is 10.6. The van der Waals surface area contributed by atoms with E-state index < -0.39 is 20.0 Å². The van der Waals surface area contributed by atoms with Crippen LogP contribution in [-0.2, 0) is 20.0 Å². The first-order valence-corrected chi connectivity index (χ1v) is 12.2. The molecular weight excluding hydrogens is 429 g/mol. The number of anilines is 1. The van der Waals surface area contributed by atoms with Gasteiger partial charge in [0.2, 0.25) is 10.0 Å². The molecule has 2 aromatic carbocycles. The highest BCUT2D eigenvalue weighted by Gasteiger charge is 2.31. The van der Waals surface area contributed by atoms with Gasteiger partial charge in [-0.15, -0.1) is 0 Å². The van der Waals surface area contributed by atoms with E-state index in [2.05, 4.69) is 0 Å². The van der Waals surface area contributed by atoms with E-state index in [0.29, 0.717) is 18.8 Å². The van der Waals surface area contributed by atoms with Gasteiger partial charge in [-0.2, -0.15) is 4.31 Å². The second-order valence-electron chi connectivity index (χ2n) is 6.84. The summed E-state index contributed by atoms with van der Waals surface area (Å²) in [7, 11) is -7.75. The van der Waals surface area contributed by atoms with Crippen LogP contribution in [0.15, 0.2) is 82.8 Å². The van der Waals surface area contributed by atoms with Crippen molar-refractivity contribution in [1.82, 2.24) is 8.28 Å². The minimum atomic E-state index is -3.87. The molecule has 0 radical (unpaired) electrons. The van der Waals surface area contributed by atoms with Crippen LogP contribution in [0.4, 0.5) is 10.1 Å². The number of hydrogen-bond acceptors (Lipinski definition) is 5. The highest BCUT2D eigenvalue weighted by molar-refractivity contribution is 7.90. The van der Waals surface area contributed by atoms with Crippen LogP contribution in [0.3, 0.4) is 0 Å². The lowest BCUT2D eigenvalue weighted by Crippen LogP contribution is -2.48. The highest BCUT2D eigenvalue weighted by Crippen LogP contribution is 2.24. The van der Waals surface area contributed by atoms with Crippen molar-refractivity contribution in [2.75, 3.05) is 31.1 Å². The van der Waals surface area contributed by atoms with Gasteiger partial charge in [-0.05, 0) is 30.3 Å². The van der Waals surface area contributed by atoms with Gasteiger partial charge in [0.15, 0.2) is 0 Å². The van der Waals surface area contributed by atoms with Gasteiger partial charge in [0, 0.05) is 38.6 Å². The normalized spacial score (nSPS) is 16.0. The molecule has 0 unspecified atom stereocenters. The average molecular weight is 450 g/mol. The number of sulfonamides is 1. The molecule has 7 nitrogen and oxygen atoms in total. The summed E-state index contributed by atoms with van der Waals surface area (Å²) in [5, 5.41) is 0. The number of benzene rings is 2. The Kier molecular flexibility index (Phi) is 5.39. The van der Waals surface area contributed by atoms with Crippen LogP contribution in [0.2, 0.25) is 0 Å². The van der Waals surface area contributed by atoms with Crippen molar-refractivity contribution < 1.29 is 21.2 Å². The number of aromatic nitrogens is 1. The third-order valence-electron chi connectivity index (χ3n) is 5.03. The molecule has 0 bridgehead atoms. The van der Waals surface area contributed by atoms with Crippen molar-refractivity contribution >= 4 is 25.7 Å². The van der Waals surface area contributed by atoms with Crippen LogP contribution in [0.1, 0.15) is 0 Å². The summed E-state index contributed by atoms with van der Waals surface area (Å²) in [6.07, 6.45) is 2.34. The standard InChI is InChI=1S/C20H20FN3O4S2/c21-19-8-4-5-9-20(19)22-12-14-23(15-13-22)30(27,28)18-10-11-24(16-18)29(25,26)17-6-2-1-3-7-17/h1-11,16H,12-15H2. The van der Waals surface area contributed by atoms with Crippen molar-refractivity contribution in [3.63, 3.8) is 0 Å². The molecule has 4 rings (SSSR count). The van der Waals surface area contributed by atoms with Gasteiger partial charge in [-0.1, -0.05) is 30.3 Å². The number of hydrogen-bond donors (Lipinski definition) is 0. The molecule has 0 N–H and O–H groups in total. The zero-order valence-corrected chi connectivity index (χ0v) is 17.6. The molecule has 0 amide bonds. The Labute approximate surface area is 175 Å². The molecular formula is C20H20FN3O4S2. The Morgan fingerprint density at radius 2 is 1.33 bits per heavy atom. The Bertz CT molecular complexity index is 1250. The first kappa shape index (κ1) is 20.6. The van der Waals surface area contributed by atoms with E-state index in [1.807, 2.05) is 0 Å². The van der Waals surface area contributed by atoms with Gasteiger partial charge in [0.1, 0.15) is 10.7 Å². The molecule has 0 atom stereocenters. The van der Waals surface area contributed by atoms with Crippen LogP contribution in [-0.4, -0.2) is 51.3 Å². The predicted octanol–water partition coefficient (Wildman–Crippen LogP) is 2.38. The summed E-state index contributed by atoms with van der Waals surface area (Å²) in [5.41, 5.74) is 0.439. The van der Waals surface area contributed by atoms with Crippen LogP contribution < -0.4 is 4.90 Å². The zero-order chi connectivity index (χ0) is 21.4. The molecule has 10 heteroatoms. The largest absolute Gasteiger partial charge is 0.367 e. The van der Waals surface area contributed by atoms with Crippen molar-refractivity contribution in [2.45, 2.75) is 9.79 Å². The third-order valence-corrected chi connectivity index (χ3v) is 8.56. The number of para-hydroxylation sites is 1. The summed E-state index contributed by atoms with van der Waals surface area (Å²) in [5.74, 6) is -0.350. The van der Waals surface area contributed by atoms with Crippen LogP contribution in [0, 0.1) is 5.82 Å². The number of nitrogens with zero attached hydrogens (tertiary/aromatic N) is 3. The van der Waals surface area contributed by atoms with Crippen LogP contribution in [0.5, 0.6) is 0 Å². The summed E-state index contributed by atoms with van der Waals surface area (Å²) in [6, 6.07) is 15.4. The SMILES string of the molecule is O=S(=O)(c1ccn(S(=O)(=O)c2ccccc2)c1)N1CCN(c2ccccc2F)CC1. The Hall–Kier alpha value is -2.69. The van der Waals surface area contributed by atoms with E-state index >= 15 is 0 Å². The molecule has 1 fully saturated rings. The van der Waals surface area contributed by atoms with Gasteiger partial charge < -0.3 is 4.90 Å². The Morgan fingerprint density at radius 3 is 2.00 bits per heavy atom. The zero-order valence-electron chi connectivity index (χ0n) is 15.9. The maximum absolute atomic E-state index is 14.0. The lowest BCUT2D eigenvalue weighted by Gasteiger charge is -2.35. The molecule has 1 aliphatic rings. The van der Waals surface area contributed by atoms with Crippen molar-refractivity contribution in [3.8, 4) is 0 Å². The minimum absolute atomic E-state index is 0.0723. The maximum Gasteiger partial charge on any atom is 0.267 e. The monoisotopic (exact) mass is 449 g/mol. The van der Waals surface area contributed by atoms with Gasteiger partial charge in [0.25, 0.3) is 10.0 Å². The van der Waals surface area contributed by atoms with Gasteiger partial charge in [-0.25, -0.2) is 25.2 Å². The number of halogens is 1. The number of rotatable bonds is 5. The van der Waals surface area contributed by atoms with Crippen molar-refractivity contribution in [2.24, 2.45) is 0 Å². The van der Waals surface area contributed by atoms with Gasteiger partial charge in [0.05, 0.1) is 10.6 Å². The number of piperazine rings is 1. The Balaban J connectivity index is 1.52. The molecule has 1 aliphatic heterocycles. The maximum atomic E-state index is 14.0. The fourth-order valence-electron chi connectivity index (χ4n) is 3.40. The Morgan fingerprint density at radius 1 is 0.700 bits per heavy atom. The molecule has 0 saturated carbocycles. The highest BCUT2D eigenvalue weighted by atomic mass is 32.2. The van der Waals surface area contributed by atoms with Gasteiger partial charge >= 0.3 is 0 Å². The fraction of sp³-hybridized carbons (Fsp3) is 0.200. The lowest BCUT2D eigenvalue weighted by atomic mass is 10.2. The van der Waals surface area contributed by atoms with Gasteiger partial charge in [-0.3, -0.25) is 0 Å². The van der Waals surface area contributed by atoms with Crippen molar-refractivity contribution in [1.29, 1.82) is 0 Å². The van der Waals surface area contributed by atoms with Crippen LogP contribution >= 0.6 is 0 Å². The molecule has 30 heavy (non-hydrogen) atoms. The molecule has 3 aromatic rings. The molecule has 0 spiro atoms. The minimum Gasteiger partial charge on any atom is -0.367 e. The van der Waals surface area contributed by atoms with Crippen molar-refractivity contribution in [3.05, 3.63) is 78.9 Å². The summed E-state index contributed by atoms with van der Waals surface area (Å²) in [6.45, 7) is 1.02. The fourth-order valence-corrected chi connectivity index (χ4v) is 6.11. The smallest absolute Gasteiger partial charge is 0.267 e. The van der Waals surface area contributed by atoms with E-state index in [9.17, 15) is 21.2 Å². The van der Waals surface area contributed by atoms with E-state index in [1.165, 1.54) is 34.8 Å². The first-order chi connectivity index (χ1) is 14.3. The van der Waals surface area contributed by atoms with E-state index in [1.54, 1.807) is 41.3 Å². The second kappa shape index (κ2) is 7.86. The van der Waals surface area contributed by atoms with E-state index in [-0.39, 0.29) is 28.7 Å². The van der Waals surface area contributed by atoms with Crippen LogP contribution in [0.25, 0.3) is 0 Å². The predicted molar refractivity (Wildman–Crippen MR) is 111 cm³/mol. The summed E-state index contributed by atoms with van der Waals surface area (Å²) >= 11 is 0.